The van der Waals surface area contributed by atoms with Crippen LogP contribution in [0.1, 0.15) is 32.6 Å². The third kappa shape index (κ3) is 1.98. The second-order valence-electron chi connectivity index (χ2n) is 2.95. The molecule has 0 aromatic heterocycles. The first kappa shape index (κ1) is 7.52. The standard InChI is InChI=1S/C9H14O/c1-8-6-4-2-3-5-7-9(8)10/h2-3,8H,4-7H2,1H3/b3-2-. The van der Waals surface area contributed by atoms with Crippen LogP contribution in [-0.4, -0.2) is 5.78 Å². The minimum absolute atomic E-state index is 0.296. The second kappa shape index (κ2) is 3.55. The molecule has 0 aromatic rings. The van der Waals surface area contributed by atoms with Gasteiger partial charge in [0, 0.05) is 12.3 Å². The van der Waals surface area contributed by atoms with Gasteiger partial charge >= 0.3 is 0 Å². The molecule has 1 aliphatic carbocycles. The summed E-state index contributed by atoms with van der Waals surface area (Å²) < 4.78 is 0. The first-order valence-electron chi connectivity index (χ1n) is 3.98. The van der Waals surface area contributed by atoms with Crippen LogP contribution in [0.4, 0.5) is 0 Å². The normalized spacial score (nSPS) is 30.9. The number of hydrogen-bond acceptors (Lipinski definition) is 1. The van der Waals surface area contributed by atoms with Gasteiger partial charge in [-0.05, 0) is 19.3 Å². The molecular weight excluding hydrogens is 124 g/mol. The predicted octanol–water partition coefficient (Wildman–Crippen LogP) is 2.32. The Morgan fingerprint density at radius 3 is 2.90 bits per heavy atom. The van der Waals surface area contributed by atoms with E-state index in [9.17, 15) is 4.79 Å². The van der Waals surface area contributed by atoms with E-state index in [0.717, 1.165) is 25.7 Å². The molecule has 0 bridgehead atoms. The number of rotatable bonds is 0. The molecule has 1 rings (SSSR count). The van der Waals surface area contributed by atoms with Crippen molar-refractivity contribution in [1.29, 1.82) is 0 Å². The van der Waals surface area contributed by atoms with E-state index in [2.05, 4.69) is 12.2 Å². The van der Waals surface area contributed by atoms with Crippen molar-refractivity contribution in [2.45, 2.75) is 32.6 Å². The summed E-state index contributed by atoms with van der Waals surface area (Å²) in [5.74, 6) is 0.731. The van der Waals surface area contributed by atoms with E-state index >= 15 is 0 Å². The SMILES string of the molecule is CC1CC/C=C\CCC1=O. The summed E-state index contributed by atoms with van der Waals surface area (Å²) in [5.41, 5.74) is 0. The minimum atomic E-state index is 0.296. The molecule has 10 heavy (non-hydrogen) atoms. The fourth-order valence-electron chi connectivity index (χ4n) is 1.21. The highest BCUT2D eigenvalue weighted by Gasteiger charge is 2.11. The Hall–Kier alpha value is -0.590. The van der Waals surface area contributed by atoms with Gasteiger partial charge in [0.15, 0.2) is 0 Å². The smallest absolute Gasteiger partial charge is 0.136 e. The van der Waals surface area contributed by atoms with Crippen molar-refractivity contribution >= 4 is 5.78 Å². The minimum Gasteiger partial charge on any atom is -0.299 e. The highest BCUT2D eigenvalue weighted by molar-refractivity contribution is 5.80. The van der Waals surface area contributed by atoms with Gasteiger partial charge in [-0.15, -0.1) is 0 Å². The van der Waals surface area contributed by atoms with Gasteiger partial charge in [0.2, 0.25) is 0 Å². The molecule has 0 saturated heterocycles. The fraction of sp³-hybridized carbons (Fsp3) is 0.667. The number of Topliss-reactive ketones (excluding diaryl/α,β-unsaturated/α-hetero) is 1. The molecule has 0 aromatic carbocycles. The molecule has 0 saturated carbocycles. The van der Waals surface area contributed by atoms with Crippen LogP contribution in [-0.2, 0) is 4.79 Å². The average molecular weight is 138 g/mol. The first-order valence-corrected chi connectivity index (χ1v) is 3.98. The van der Waals surface area contributed by atoms with Crippen molar-refractivity contribution in [3.63, 3.8) is 0 Å². The summed E-state index contributed by atoms with van der Waals surface area (Å²) >= 11 is 0. The topological polar surface area (TPSA) is 17.1 Å². The van der Waals surface area contributed by atoms with Gasteiger partial charge in [0.25, 0.3) is 0 Å². The van der Waals surface area contributed by atoms with Crippen molar-refractivity contribution in [3.8, 4) is 0 Å². The van der Waals surface area contributed by atoms with E-state index in [1.165, 1.54) is 0 Å². The maximum atomic E-state index is 11.1. The molecule has 1 atom stereocenters. The number of carbonyl (C=O) groups excluding carboxylic acids is 1. The lowest BCUT2D eigenvalue weighted by atomic mass is 9.95. The third-order valence-corrected chi connectivity index (χ3v) is 2.04. The van der Waals surface area contributed by atoms with Crippen LogP contribution in [0.25, 0.3) is 0 Å². The van der Waals surface area contributed by atoms with Gasteiger partial charge in [-0.25, -0.2) is 0 Å². The zero-order valence-corrected chi connectivity index (χ0v) is 6.47. The number of allylic oxidation sites excluding steroid dienone is 2. The maximum absolute atomic E-state index is 11.1. The van der Waals surface area contributed by atoms with Crippen molar-refractivity contribution in [1.82, 2.24) is 0 Å². The molecule has 0 radical (unpaired) electrons. The van der Waals surface area contributed by atoms with E-state index in [1.807, 2.05) is 6.92 Å². The summed E-state index contributed by atoms with van der Waals surface area (Å²) in [6.45, 7) is 2.03. The monoisotopic (exact) mass is 138 g/mol. The van der Waals surface area contributed by atoms with E-state index < -0.39 is 0 Å². The molecule has 1 heteroatoms. The van der Waals surface area contributed by atoms with E-state index in [4.69, 9.17) is 0 Å². The highest BCUT2D eigenvalue weighted by atomic mass is 16.1. The molecule has 0 amide bonds. The summed E-state index contributed by atoms with van der Waals surface area (Å²) in [4.78, 5) is 11.1. The second-order valence-corrected chi connectivity index (χ2v) is 2.95. The first-order chi connectivity index (χ1) is 4.80. The summed E-state index contributed by atoms with van der Waals surface area (Å²) in [6, 6.07) is 0. The Morgan fingerprint density at radius 2 is 2.10 bits per heavy atom. The van der Waals surface area contributed by atoms with Crippen LogP contribution >= 0.6 is 0 Å². The van der Waals surface area contributed by atoms with Gasteiger partial charge in [-0.2, -0.15) is 0 Å². The van der Waals surface area contributed by atoms with E-state index in [1.54, 1.807) is 0 Å². The molecule has 0 heterocycles. The van der Waals surface area contributed by atoms with Crippen LogP contribution in [0.15, 0.2) is 12.2 Å². The lowest BCUT2D eigenvalue weighted by Crippen LogP contribution is -2.10. The Balaban J connectivity index is 2.48. The molecule has 1 unspecified atom stereocenters. The van der Waals surface area contributed by atoms with Crippen molar-refractivity contribution < 1.29 is 4.79 Å². The molecule has 56 valence electrons. The largest absolute Gasteiger partial charge is 0.299 e. The van der Waals surface area contributed by atoms with E-state index in [-0.39, 0.29) is 0 Å². The zero-order chi connectivity index (χ0) is 7.40. The molecule has 1 aliphatic rings. The van der Waals surface area contributed by atoms with Gasteiger partial charge in [-0.1, -0.05) is 19.1 Å². The average Bonchev–Trinajstić information content (AvgIpc) is 1.92. The number of ketones is 1. The predicted molar refractivity (Wildman–Crippen MR) is 41.8 cm³/mol. The Morgan fingerprint density at radius 1 is 1.40 bits per heavy atom. The zero-order valence-electron chi connectivity index (χ0n) is 6.47. The molecule has 1 nitrogen and oxygen atoms in total. The Kier molecular flexibility index (Phi) is 2.67. The van der Waals surface area contributed by atoms with Crippen molar-refractivity contribution in [3.05, 3.63) is 12.2 Å². The third-order valence-electron chi connectivity index (χ3n) is 2.04. The lowest BCUT2D eigenvalue weighted by molar-refractivity contribution is -0.122. The quantitative estimate of drug-likeness (QED) is 0.469. The molecule has 0 aliphatic heterocycles. The van der Waals surface area contributed by atoms with Crippen LogP contribution in [0, 0.1) is 5.92 Å². The molecular formula is C9H14O. The molecule has 0 N–H and O–H groups in total. The Bertz CT molecular complexity index is 147. The molecule has 0 spiro atoms. The van der Waals surface area contributed by atoms with Crippen LogP contribution in [0.2, 0.25) is 0 Å². The van der Waals surface area contributed by atoms with Crippen molar-refractivity contribution in [2.75, 3.05) is 0 Å². The fourth-order valence-corrected chi connectivity index (χ4v) is 1.21. The van der Waals surface area contributed by atoms with Crippen LogP contribution < -0.4 is 0 Å². The van der Waals surface area contributed by atoms with Gasteiger partial charge < -0.3 is 0 Å². The van der Waals surface area contributed by atoms with Gasteiger partial charge in [-0.3, -0.25) is 4.79 Å². The van der Waals surface area contributed by atoms with Crippen LogP contribution in [0.5, 0.6) is 0 Å². The van der Waals surface area contributed by atoms with Gasteiger partial charge in [0.05, 0.1) is 0 Å². The summed E-state index contributed by atoms with van der Waals surface area (Å²) in [7, 11) is 0. The lowest BCUT2D eigenvalue weighted by Gasteiger charge is -2.09. The highest BCUT2D eigenvalue weighted by Crippen LogP contribution is 2.14. The van der Waals surface area contributed by atoms with E-state index in [0.29, 0.717) is 11.7 Å². The Labute approximate surface area is 62.1 Å². The molecule has 0 fully saturated rings. The van der Waals surface area contributed by atoms with Crippen molar-refractivity contribution in [2.24, 2.45) is 5.92 Å². The maximum Gasteiger partial charge on any atom is 0.136 e. The summed E-state index contributed by atoms with van der Waals surface area (Å²) in [5, 5.41) is 0. The van der Waals surface area contributed by atoms with Gasteiger partial charge in [0.1, 0.15) is 5.78 Å². The van der Waals surface area contributed by atoms with Crippen LogP contribution in [0.3, 0.4) is 0 Å². The number of carbonyl (C=O) groups is 1. The number of hydrogen-bond donors (Lipinski definition) is 0. The summed E-state index contributed by atoms with van der Waals surface area (Å²) in [6.07, 6.45) is 8.11.